The molecule has 0 unspecified atom stereocenters. The highest BCUT2D eigenvalue weighted by Crippen LogP contribution is 2.21. The van der Waals surface area contributed by atoms with E-state index in [2.05, 4.69) is 5.32 Å². The molecule has 1 aliphatic heterocycles. The number of hydrogen-bond acceptors (Lipinski definition) is 4. The first-order chi connectivity index (χ1) is 12.8. The molecule has 0 bridgehead atoms. The van der Waals surface area contributed by atoms with E-state index in [1.807, 2.05) is 6.92 Å². The van der Waals surface area contributed by atoms with Crippen molar-refractivity contribution in [2.24, 2.45) is 0 Å². The van der Waals surface area contributed by atoms with E-state index in [1.165, 1.54) is 22.6 Å². The molecule has 27 heavy (non-hydrogen) atoms. The minimum atomic E-state index is -3.66. The van der Waals surface area contributed by atoms with Crippen LogP contribution in [0.5, 0.6) is 0 Å². The fourth-order valence-corrected chi connectivity index (χ4v) is 4.61. The lowest BCUT2D eigenvalue weighted by atomic mass is 10.2. The molecule has 1 aromatic carbocycles. The molecule has 9 heteroatoms. The average molecular weight is 410 g/mol. The van der Waals surface area contributed by atoms with Crippen molar-refractivity contribution >= 4 is 33.2 Å². The number of nitrogens with zero attached hydrogens (tertiary/aromatic N) is 2. The zero-order valence-electron chi connectivity index (χ0n) is 14.8. The summed E-state index contributed by atoms with van der Waals surface area (Å²) >= 11 is 6.04. The van der Waals surface area contributed by atoms with Gasteiger partial charge in [0.05, 0.1) is 4.90 Å². The summed E-state index contributed by atoms with van der Waals surface area (Å²) < 4.78 is 27.8. The van der Waals surface area contributed by atoms with E-state index in [0.29, 0.717) is 23.8 Å². The van der Waals surface area contributed by atoms with Gasteiger partial charge in [-0.2, -0.15) is 4.31 Å². The number of sulfonamides is 1. The Morgan fingerprint density at radius 2 is 1.89 bits per heavy atom. The minimum Gasteiger partial charge on any atom is -0.324 e. The van der Waals surface area contributed by atoms with Crippen molar-refractivity contribution in [3.8, 4) is 0 Å². The van der Waals surface area contributed by atoms with E-state index < -0.39 is 21.5 Å². The summed E-state index contributed by atoms with van der Waals surface area (Å²) in [5, 5.41) is 3.17. The number of aromatic nitrogens is 1. The summed E-state index contributed by atoms with van der Waals surface area (Å²) in [5.74, 6) is -0.451. The van der Waals surface area contributed by atoms with Crippen molar-refractivity contribution in [3.05, 3.63) is 57.5 Å². The Morgan fingerprint density at radius 3 is 2.56 bits per heavy atom. The zero-order chi connectivity index (χ0) is 19.6. The van der Waals surface area contributed by atoms with Crippen molar-refractivity contribution in [1.29, 1.82) is 0 Å². The number of halogens is 1. The van der Waals surface area contributed by atoms with E-state index in [9.17, 15) is 18.0 Å². The van der Waals surface area contributed by atoms with Gasteiger partial charge in [-0.25, -0.2) is 8.42 Å². The molecule has 0 aliphatic carbocycles. The molecule has 1 aromatic heterocycles. The topological polar surface area (TPSA) is 88.5 Å². The maximum absolute atomic E-state index is 12.6. The molecule has 1 fully saturated rings. The highest BCUT2D eigenvalue weighted by atomic mass is 35.5. The normalized spacial score (nSPS) is 15.0. The van der Waals surface area contributed by atoms with Crippen LogP contribution in [0.2, 0.25) is 5.02 Å². The van der Waals surface area contributed by atoms with Crippen LogP contribution in [0.1, 0.15) is 18.4 Å². The highest BCUT2D eigenvalue weighted by molar-refractivity contribution is 7.89. The summed E-state index contributed by atoms with van der Waals surface area (Å²) in [6, 6.07) is 7.54. The lowest BCUT2D eigenvalue weighted by Crippen LogP contribution is -2.31. The predicted octanol–water partition coefficient (Wildman–Crippen LogP) is 2.23. The van der Waals surface area contributed by atoms with Crippen molar-refractivity contribution in [2.75, 3.05) is 18.4 Å². The number of rotatable bonds is 5. The Balaban J connectivity index is 1.79. The Kier molecular flexibility index (Phi) is 5.69. The number of aryl methyl sites for hydroxylation is 1. The Labute approximate surface area is 162 Å². The van der Waals surface area contributed by atoms with Crippen molar-refractivity contribution in [1.82, 2.24) is 8.87 Å². The maximum Gasteiger partial charge on any atom is 0.251 e. The van der Waals surface area contributed by atoms with E-state index in [0.717, 1.165) is 23.0 Å². The first-order valence-corrected chi connectivity index (χ1v) is 10.4. The number of hydrogen-bond donors (Lipinski definition) is 1. The van der Waals surface area contributed by atoms with Crippen molar-refractivity contribution in [3.63, 3.8) is 0 Å². The van der Waals surface area contributed by atoms with E-state index >= 15 is 0 Å². The van der Waals surface area contributed by atoms with Crippen LogP contribution in [-0.2, 0) is 21.4 Å². The molecule has 2 aromatic rings. The Bertz CT molecular complexity index is 1030. The standard InChI is InChI=1S/C18H20ClN3O4S/c1-13-4-5-14(10-16(13)19)20-17(23)12-21-11-15(6-7-18(21)24)27(25,26)22-8-2-3-9-22/h4-7,10-11H,2-3,8-9,12H2,1H3,(H,20,23). The van der Waals surface area contributed by atoms with Gasteiger partial charge in [-0.3, -0.25) is 9.59 Å². The molecule has 0 saturated carbocycles. The van der Waals surface area contributed by atoms with Gasteiger partial charge in [-0.15, -0.1) is 0 Å². The number of nitrogens with one attached hydrogen (secondary N) is 1. The van der Waals surface area contributed by atoms with Gasteiger partial charge in [-0.05, 0) is 43.5 Å². The van der Waals surface area contributed by atoms with Gasteiger partial charge in [0.25, 0.3) is 5.56 Å². The molecule has 0 spiro atoms. The summed E-state index contributed by atoms with van der Waals surface area (Å²) in [7, 11) is -3.66. The molecule has 1 amide bonds. The summed E-state index contributed by atoms with van der Waals surface area (Å²) in [5.41, 5.74) is 0.933. The smallest absolute Gasteiger partial charge is 0.251 e. The van der Waals surface area contributed by atoms with Gasteiger partial charge in [0.15, 0.2) is 0 Å². The van der Waals surface area contributed by atoms with Crippen molar-refractivity contribution in [2.45, 2.75) is 31.2 Å². The SMILES string of the molecule is Cc1ccc(NC(=O)Cn2cc(S(=O)(=O)N3CCCC3)ccc2=O)cc1Cl. The average Bonchev–Trinajstić information content (AvgIpc) is 3.15. The molecule has 2 heterocycles. The van der Waals surface area contributed by atoms with Gasteiger partial charge in [0.1, 0.15) is 6.54 Å². The second-order valence-corrected chi connectivity index (χ2v) is 8.80. The summed E-state index contributed by atoms with van der Waals surface area (Å²) in [6.07, 6.45) is 2.86. The quantitative estimate of drug-likeness (QED) is 0.820. The zero-order valence-corrected chi connectivity index (χ0v) is 16.4. The second kappa shape index (κ2) is 7.84. The second-order valence-electron chi connectivity index (χ2n) is 6.45. The van der Waals surface area contributed by atoms with E-state index in [-0.39, 0.29) is 11.4 Å². The van der Waals surface area contributed by atoms with E-state index in [1.54, 1.807) is 18.2 Å². The molecular weight excluding hydrogens is 390 g/mol. The molecule has 1 aliphatic rings. The molecule has 1 N–H and O–H groups in total. The summed E-state index contributed by atoms with van der Waals surface area (Å²) in [6.45, 7) is 2.49. The van der Waals surface area contributed by atoms with Crippen LogP contribution in [0.3, 0.4) is 0 Å². The van der Waals surface area contributed by atoms with Gasteiger partial charge in [-0.1, -0.05) is 17.7 Å². The molecule has 144 valence electrons. The lowest BCUT2D eigenvalue weighted by molar-refractivity contribution is -0.116. The van der Waals surface area contributed by atoms with Crippen molar-refractivity contribution < 1.29 is 13.2 Å². The molecular formula is C18H20ClN3O4S. The monoisotopic (exact) mass is 409 g/mol. The predicted molar refractivity (Wildman–Crippen MR) is 104 cm³/mol. The van der Waals surface area contributed by atoms with Crippen LogP contribution in [0.25, 0.3) is 0 Å². The number of amides is 1. The number of carbonyl (C=O) groups is 1. The number of carbonyl (C=O) groups excluding carboxylic acids is 1. The third-order valence-corrected chi connectivity index (χ3v) is 6.72. The fourth-order valence-electron chi connectivity index (χ4n) is 2.89. The third-order valence-electron chi connectivity index (χ3n) is 4.43. The molecule has 3 rings (SSSR count). The third kappa shape index (κ3) is 4.40. The minimum absolute atomic E-state index is 0.00943. The van der Waals surface area contributed by atoms with Crippen LogP contribution in [0.15, 0.2) is 46.2 Å². The number of benzene rings is 1. The largest absolute Gasteiger partial charge is 0.324 e. The fraction of sp³-hybridized carbons (Fsp3) is 0.333. The lowest BCUT2D eigenvalue weighted by Gasteiger charge is -2.16. The number of anilines is 1. The molecule has 1 saturated heterocycles. The molecule has 0 atom stereocenters. The Hall–Kier alpha value is -2.16. The first kappa shape index (κ1) is 19.6. The first-order valence-electron chi connectivity index (χ1n) is 8.54. The van der Waals surface area contributed by atoms with Crippen LogP contribution in [-0.4, -0.2) is 36.3 Å². The molecule has 7 nitrogen and oxygen atoms in total. The summed E-state index contributed by atoms with van der Waals surface area (Å²) in [4.78, 5) is 24.3. The van der Waals surface area contributed by atoms with Gasteiger partial charge in [0.2, 0.25) is 15.9 Å². The molecule has 0 radical (unpaired) electrons. The van der Waals surface area contributed by atoms with Crippen LogP contribution >= 0.6 is 11.6 Å². The van der Waals surface area contributed by atoms with Gasteiger partial charge >= 0.3 is 0 Å². The highest BCUT2D eigenvalue weighted by Gasteiger charge is 2.27. The van der Waals surface area contributed by atoms with Gasteiger partial charge in [0, 0.05) is 36.1 Å². The number of pyridine rings is 1. The van der Waals surface area contributed by atoms with Crippen LogP contribution < -0.4 is 10.9 Å². The maximum atomic E-state index is 12.6. The van der Waals surface area contributed by atoms with Crippen LogP contribution in [0.4, 0.5) is 5.69 Å². The van der Waals surface area contributed by atoms with E-state index in [4.69, 9.17) is 11.6 Å². The van der Waals surface area contributed by atoms with Crippen LogP contribution in [0, 0.1) is 6.92 Å². The Morgan fingerprint density at radius 1 is 1.19 bits per heavy atom. The van der Waals surface area contributed by atoms with Gasteiger partial charge < -0.3 is 9.88 Å².